The molecule has 0 aliphatic carbocycles. The number of hydrazone groups is 1. The number of benzene rings is 2. The monoisotopic (exact) mass is 390 g/mol. The maximum absolute atomic E-state index is 12.7. The molecule has 0 unspecified atom stereocenters. The zero-order valence-electron chi connectivity index (χ0n) is 15.5. The number of thiophene rings is 1. The third kappa shape index (κ3) is 3.32. The summed E-state index contributed by atoms with van der Waals surface area (Å²) in [5, 5.41) is 6.78. The number of nitrogens with one attached hydrogen (secondary N) is 1. The molecule has 0 atom stereocenters. The van der Waals surface area contributed by atoms with E-state index in [0.717, 1.165) is 26.8 Å². The van der Waals surface area contributed by atoms with Crippen LogP contribution in [0.1, 0.15) is 16.0 Å². The summed E-state index contributed by atoms with van der Waals surface area (Å²) in [6.07, 6.45) is 3.02. The van der Waals surface area contributed by atoms with E-state index < -0.39 is 0 Å². The molecule has 0 aliphatic rings. The van der Waals surface area contributed by atoms with Crippen LogP contribution in [0.4, 0.5) is 0 Å². The summed E-state index contributed by atoms with van der Waals surface area (Å²) in [5.74, 6) is -0.385. The van der Waals surface area contributed by atoms with E-state index in [4.69, 9.17) is 0 Å². The van der Waals surface area contributed by atoms with Crippen molar-refractivity contribution in [3.8, 4) is 0 Å². The summed E-state index contributed by atoms with van der Waals surface area (Å²) in [5.41, 5.74) is 4.10. The van der Waals surface area contributed by atoms with Crippen molar-refractivity contribution in [3.63, 3.8) is 0 Å². The Morgan fingerprint density at radius 1 is 1.21 bits per heavy atom. The molecule has 140 valence electrons. The van der Waals surface area contributed by atoms with E-state index in [1.165, 1.54) is 22.2 Å². The summed E-state index contributed by atoms with van der Waals surface area (Å²) in [4.78, 5) is 30.9. The molecule has 0 radical (unpaired) electrons. The van der Waals surface area contributed by atoms with E-state index in [2.05, 4.69) is 15.5 Å². The molecule has 7 heteroatoms. The zero-order valence-corrected chi connectivity index (χ0v) is 16.3. The van der Waals surface area contributed by atoms with Gasteiger partial charge in [0, 0.05) is 10.4 Å². The van der Waals surface area contributed by atoms with E-state index in [9.17, 15) is 9.59 Å². The summed E-state index contributed by atoms with van der Waals surface area (Å²) in [7, 11) is 0. The second kappa shape index (κ2) is 7.36. The van der Waals surface area contributed by atoms with Gasteiger partial charge in [0.1, 0.15) is 11.4 Å². The van der Waals surface area contributed by atoms with E-state index in [-0.39, 0.29) is 18.0 Å². The van der Waals surface area contributed by atoms with Gasteiger partial charge >= 0.3 is 0 Å². The van der Waals surface area contributed by atoms with Gasteiger partial charge in [-0.3, -0.25) is 14.2 Å². The molecule has 4 rings (SSSR count). The van der Waals surface area contributed by atoms with Crippen LogP contribution in [0.2, 0.25) is 0 Å². The highest BCUT2D eigenvalue weighted by atomic mass is 32.1. The van der Waals surface area contributed by atoms with Crippen molar-refractivity contribution in [2.24, 2.45) is 5.10 Å². The van der Waals surface area contributed by atoms with Gasteiger partial charge in [-0.2, -0.15) is 5.10 Å². The van der Waals surface area contributed by atoms with Crippen LogP contribution in [-0.4, -0.2) is 21.7 Å². The van der Waals surface area contributed by atoms with Gasteiger partial charge in [-0.1, -0.05) is 42.5 Å². The van der Waals surface area contributed by atoms with Gasteiger partial charge in [-0.15, -0.1) is 11.3 Å². The number of hydrogen-bond acceptors (Lipinski definition) is 5. The molecule has 0 saturated carbocycles. The zero-order chi connectivity index (χ0) is 19.7. The second-order valence-electron chi connectivity index (χ2n) is 6.50. The van der Waals surface area contributed by atoms with Crippen molar-refractivity contribution in [1.29, 1.82) is 0 Å². The van der Waals surface area contributed by atoms with Gasteiger partial charge in [-0.05, 0) is 30.2 Å². The molecular formula is C21H18N4O2S. The van der Waals surface area contributed by atoms with Crippen molar-refractivity contribution >= 4 is 44.4 Å². The first kappa shape index (κ1) is 18.1. The lowest BCUT2D eigenvalue weighted by atomic mass is 10.1. The number of nitrogens with zero attached hydrogens (tertiary/aromatic N) is 3. The summed E-state index contributed by atoms with van der Waals surface area (Å²) < 4.78 is 1.31. The molecule has 1 N–H and O–H groups in total. The quantitative estimate of drug-likeness (QED) is 0.429. The fraction of sp³-hybridized carbons (Fsp3) is 0.143. The molecule has 1 amide bonds. The Labute approximate surface area is 165 Å². The Bertz CT molecular complexity index is 1280. The lowest BCUT2D eigenvalue weighted by Crippen LogP contribution is -2.30. The van der Waals surface area contributed by atoms with Gasteiger partial charge in [0.05, 0.1) is 17.9 Å². The summed E-state index contributed by atoms with van der Waals surface area (Å²) >= 11 is 1.48. The smallest absolute Gasteiger partial charge is 0.262 e. The number of rotatable bonds is 4. The van der Waals surface area contributed by atoms with E-state index >= 15 is 0 Å². The predicted molar refractivity (Wildman–Crippen MR) is 113 cm³/mol. The Morgan fingerprint density at radius 3 is 2.86 bits per heavy atom. The molecule has 6 nitrogen and oxygen atoms in total. The molecule has 2 aromatic heterocycles. The fourth-order valence-corrected chi connectivity index (χ4v) is 4.10. The Kier molecular flexibility index (Phi) is 4.75. The number of carbonyl (C=O) groups excluding carboxylic acids is 1. The van der Waals surface area contributed by atoms with Crippen LogP contribution in [-0.2, 0) is 11.3 Å². The first-order valence-electron chi connectivity index (χ1n) is 8.79. The summed E-state index contributed by atoms with van der Waals surface area (Å²) in [6, 6.07) is 13.9. The molecule has 0 aliphatic heterocycles. The Hall–Kier alpha value is -3.32. The maximum Gasteiger partial charge on any atom is 0.262 e. The SMILES string of the molecule is Cc1sc2ncn(CC(=O)N/N=C/c3cccc4ccccc34)c(=O)c2c1C. The van der Waals surface area contributed by atoms with Crippen molar-refractivity contribution in [1.82, 2.24) is 15.0 Å². The standard InChI is InChI=1S/C21H18N4O2S/c1-13-14(2)28-20-19(13)21(27)25(12-22-20)11-18(26)24-23-10-16-8-5-7-15-6-3-4-9-17(15)16/h3-10,12H,11H2,1-2H3,(H,24,26)/b23-10+. The molecule has 2 aromatic carbocycles. The predicted octanol–water partition coefficient (Wildman–Crippen LogP) is 3.38. The minimum Gasteiger partial charge on any atom is -0.289 e. The first-order chi connectivity index (χ1) is 13.5. The molecule has 0 bridgehead atoms. The van der Waals surface area contributed by atoms with Crippen LogP contribution in [0.15, 0.2) is 58.7 Å². The van der Waals surface area contributed by atoms with Crippen LogP contribution in [0, 0.1) is 13.8 Å². The van der Waals surface area contributed by atoms with E-state index in [1.807, 2.05) is 56.3 Å². The average molecular weight is 390 g/mol. The van der Waals surface area contributed by atoms with Gasteiger partial charge in [0.2, 0.25) is 0 Å². The van der Waals surface area contributed by atoms with Crippen LogP contribution in [0.25, 0.3) is 21.0 Å². The molecule has 2 heterocycles. The van der Waals surface area contributed by atoms with Gasteiger partial charge < -0.3 is 0 Å². The fourth-order valence-electron chi connectivity index (χ4n) is 3.11. The Morgan fingerprint density at radius 2 is 2.00 bits per heavy atom. The molecule has 0 saturated heterocycles. The van der Waals surface area contributed by atoms with Crippen LogP contribution in [0.3, 0.4) is 0 Å². The number of hydrogen-bond donors (Lipinski definition) is 1. The number of aryl methyl sites for hydroxylation is 2. The maximum atomic E-state index is 12.7. The van der Waals surface area contributed by atoms with Crippen molar-refractivity contribution in [2.45, 2.75) is 20.4 Å². The molecular weight excluding hydrogens is 372 g/mol. The molecule has 0 spiro atoms. The normalized spacial score (nSPS) is 11.5. The number of amides is 1. The average Bonchev–Trinajstić information content (AvgIpc) is 2.99. The first-order valence-corrected chi connectivity index (χ1v) is 9.61. The topological polar surface area (TPSA) is 76.3 Å². The van der Waals surface area contributed by atoms with Crippen molar-refractivity contribution in [2.75, 3.05) is 0 Å². The van der Waals surface area contributed by atoms with Crippen molar-refractivity contribution < 1.29 is 4.79 Å². The highest BCUT2D eigenvalue weighted by Gasteiger charge is 2.13. The highest BCUT2D eigenvalue weighted by molar-refractivity contribution is 7.18. The minimum atomic E-state index is -0.385. The van der Waals surface area contributed by atoms with Crippen LogP contribution in [0.5, 0.6) is 0 Å². The summed E-state index contributed by atoms with van der Waals surface area (Å²) in [6.45, 7) is 3.72. The molecule has 28 heavy (non-hydrogen) atoms. The van der Waals surface area contributed by atoms with Gasteiger partial charge in [0.15, 0.2) is 0 Å². The third-order valence-electron chi connectivity index (χ3n) is 4.69. The van der Waals surface area contributed by atoms with Crippen LogP contribution < -0.4 is 11.0 Å². The lowest BCUT2D eigenvalue weighted by Gasteiger charge is -2.05. The largest absolute Gasteiger partial charge is 0.289 e. The second-order valence-corrected chi connectivity index (χ2v) is 7.71. The highest BCUT2D eigenvalue weighted by Crippen LogP contribution is 2.25. The minimum absolute atomic E-state index is 0.136. The Balaban J connectivity index is 1.51. The van der Waals surface area contributed by atoms with Crippen LogP contribution >= 0.6 is 11.3 Å². The number of carbonyl (C=O) groups is 1. The van der Waals surface area contributed by atoms with Gasteiger partial charge in [0.25, 0.3) is 11.5 Å². The molecule has 0 fully saturated rings. The van der Waals surface area contributed by atoms with Gasteiger partial charge in [-0.25, -0.2) is 10.4 Å². The number of fused-ring (bicyclic) bond motifs is 2. The third-order valence-corrected chi connectivity index (χ3v) is 5.80. The lowest BCUT2D eigenvalue weighted by molar-refractivity contribution is -0.121. The molecule has 4 aromatic rings. The van der Waals surface area contributed by atoms with Crippen molar-refractivity contribution in [3.05, 3.63) is 75.1 Å². The number of aromatic nitrogens is 2. The van der Waals surface area contributed by atoms with E-state index in [0.29, 0.717) is 10.2 Å². The van der Waals surface area contributed by atoms with E-state index in [1.54, 1.807) is 6.21 Å².